The molecule has 0 saturated carbocycles. The minimum Gasteiger partial charge on any atom is -0.379 e. The van der Waals surface area contributed by atoms with Gasteiger partial charge >= 0.3 is 0 Å². The van der Waals surface area contributed by atoms with Crippen LogP contribution in [0.4, 0.5) is 5.82 Å². The number of anilines is 1. The van der Waals surface area contributed by atoms with E-state index in [0.29, 0.717) is 18.1 Å². The largest absolute Gasteiger partial charge is 0.379 e. The van der Waals surface area contributed by atoms with Gasteiger partial charge in [0.2, 0.25) is 0 Å². The molecule has 1 N–H and O–H groups in total. The summed E-state index contributed by atoms with van der Waals surface area (Å²) in [5, 5.41) is 12.4. The van der Waals surface area contributed by atoms with Crippen LogP contribution in [0.25, 0.3) is 0 Å². The van der Waals surface area contributed by atoms with E-state index in [2.05, 4.69) is 31.2 Å². The Morgan fingerprint density at radius 1 is 1.17 bits per heavy atom. The van der Waals surface area contributed by atoms with Gasteiger partial charge in [-0.2, -0.15) is 5.26 Å². The van der Waals surface area contributed by atoms with Gasteiger partial charge in [-0.3, -0.25) is 9.88 Å². The maximum atomic E-state index is 9.12. The number of morpholine rings is 1. The molecule has 1 fully saturated rings. The zero-order valence-electron chi connectivity index (χ0n) is 12.7. The molecule has 3 rings (SSSR count). The lowest BCUT2D eigenvalue weighted by Crippen LogP contribution is -2.42. The van der Waals surface area contributed by atoms with Gasteiger partial charge in [-0.1, -0.05) is 6.07 Å². The van der Waals surface area contributed by atoms with Crippen LogP contribution in [-0.2, 0) is 4.74 Å². The minimum atomic E-state index is 0.0913. The summed E-state index contributed by atoms with van der Waals surface area (Å²) in [6.07, 6.45) is 4.89. The fourth-order valence-corrected chi connectivity index (χ4v) is 2.63. The average molecular weight is 310 g/mol. The fraction of sp³-hybridized carbons (Fsp3) is 0.375. The second kappa shape index (κ2) is 7.63. The van der Waals surface area contributed by atoms with Crippen molar-refractivity contribution in [2.75, 3.05) is 38.2 Å². The van der Waals surface area contributed by atoms with Crippen molar-refractivity contribution in [2.24, 2.45) is 0 Å². The quantitative estimate of drug-likeness (QED) is 0.888. The van der Waals surface area contributed by atoms with Crippen molar-refractivity contribution in [3.8, 4) is 6.07 Å². The zero-order chi connectivity index (χ0) is 15.9. The van der Waals surface area contributed by atoms with Gasteiger partial charge in [0.1, 0.15) is 6.07 Å². The van der Waals surface area contributed by atoms with Crippen LogP contribution >= 0.6 is 0 Å². The van der Waals surface area contributed by atoms with E-state index in [-0.39, 0.29) is 6.04 Å². The second-order valence-electron chi connectivity index (χ2n) is 5.17. The highest BCUT2D eigenvalue weighted by Crippen LogP contribution is 2.21. The van der Waals surface area contributed by atoms with Crippen molar-refractivity contribution >= 4 is 5.82 Å². The molecule has 7 nitrogen and oxygen atoms in total. The highest BCUT2D eigenvalue weighted by Gasteiger charge is 2.23. The molecule has 3 heterocycles. The van der Waals surface area contributed by atoms with Crippen LogP contribution in [-0.4, -0.2) is 52.7 Å². The average Bonchev–Trinajstić information content (AvgIpc) is 2.64. The third-order valence-corrected chi connectivity index (χ3v) is 3.78. The molecule has 2 aromatic rings. The molecule has 1 unspecified atom stereocenters. The maximum absolute atomic E-state index is 9.12. The number of pyridine rings is 1. The number of nitrogens with one attached hydrogen (secondary N) is 1. The summed E-state index contributed by atoms with van der Waals surface area (Å²) in [6.45, 7) is 3.75. The monoisotopic (exact) mass is 310 g/mol. The molecule has 0 aromatic carbocycles. The highest BCUT2D eigenvalue weighted by molar-refractivity contribution is 5.46. The van der Waals surface area contributed by atoms with Crippen LogP contribution in [0, 0.1) is 11.3 Å². The first-order valence-electron chi connectivity index (χ1n) is 7.56. The van der Waals surface area contributed by atoms with Gasteiger partial charge < -0.3 is 10.1 Å². The van der Waals surface area contributed by atoms with Crippen LogP contribution in [0.2, 0.25) is 0 Å². The van der Waals surface area contributed by atoms with Gasteiger partial charge in [-0.05, 0) is 12.1 Å². The Hall–Kier alpha value is -2.56. The molecule has 0 spiro atoms. The summed E-state index contributed by atoms with van der Waals surface area (Å²) < 4.78 is 5.44. The van der Waals surface area contributed by atoms with Gasteiger partial charge in [0.05, 0.1) is 24.9 Å². The summed E-state index contributed by atoms with van der Waals surface area (Å²) >= 11 is 0. The Morgan fingerprint density at radius 2 is 2.00 bits per heavy atom. The molecule has 1 aliphatic rings. The molecule has 0 bridgehead atoms. The lowest BCUT2D eigenvalue weighted by atomic mass is 10.1. The van der Waals surface area contributed by atoms with E-state index in [9.17, 15) is 0 Å². The third-order valence-electron chi connectivity index (χ3n) is 3.78. The van der Waals surface area contributed by atoms with Gasteiger partial charge in [0.25, 0.3) is 0 Å². The van der Waals surface area contributed by atoms with Gasteiger partial charge in [0, 0.05) is 38.2 Å². The third kappa shape index (κ3) is 3.80. The van der Waals surface area contributed by atoms with Crippen molar-refractivity contribution in [3.63, 3.8) is 0 Å². The lowest BCUT2D eigenvalue weighted by molar-refractivity contribution is 0.0179. The van der Waals surface area contributed by atoms with E-state index in [1.807, 2.05) is 18.2 Å². The fourth-order valence-electron chi connectivity index (χ4n) is 2.63. The molecule has 118 valence electrons. The molecule has 1 aliphatic heterocycles. The van der Waals surface area contributed by atoms with Crippen LogP contribution in [0.3, 0.4) is 0 Å². The Balaban J connectivity index is 1.77. The van der Waals surface area contributed by atoms with Crippen molar-refractivity contribution in [2.45, 2.75) is 6.04 Å². The number of nitrogens with zero attached hydrogens (tertiary/aromatic N) is 5. The molecule has 0 radical (unpaired) electrons. The number of hydrogen-bond acceptors (Lipinski definition) is 7. The molecule has 1 atom stereocenters. The SMILES string of the molecule is N#Cc1nccnc1NCC(c1ccccn1)N1CCOCC1. The van der Waals surface area contributed by atoms with Crippen molar-refractivity contribution < 1.29 is 4.74 Å². The van der Waals surface area contributed by atoms with E-state index in [0.717, 1.165) is 32.0 Å². The molecular formula is C16H18N6O. The molecule has 23 heavy (non-hydrogen) atoms. The van der Waals surface area contributed by atoms with Crippen LogP contribution in [0.15, 0.2) is 36.8 Å². The molecular weight excluding hydrogens is 292 g/mol. The molecule has 7 heteroatoms. The van der Waals surface area contributed by atoms with Gasteiger partial charge in [0.15, 0.2) is 11.5 Å². The number of aromatic nitrogens is 3. The van der Waals surface area contributed by atoms with E-state index in [4.69, 9.17) is 10.00 Å². The Bertz CT molecular complexity index is 666. The molecule has 1 saturated heterocycles. The number of hydrogen-bond donors (Lipinski definition) is 1. The second-order valence-corrected chi connectivity index (χ2v) is 5.17. The smallest absolute Gasteiger partial charge is 0.182 e. The summed E-state index contributed by atoms with van der Waals surface area (Å²) in [6, 6.07) is 8.05. The first kappa shape index (κ1) is 15.3. The van der Waals surface area contributed by atoms with Gasteiger partial charge in [-0.25, -0.2) is 9.97 Å². The topological polar surface area (TPSA) is 87.0 Å². The first-order valence-corrected chi connectivity index (χ1v) is 7.56. The highest BCUT2D eigenvalue weighted by atomic mass is 16.5. The summed E-state index contributed by atoms with van der Waals surface area (Å²) in [5.74, 6) is 0.504. The Labute approximate surface area is 135 Å². The molecule has 0 amide bonds. The predicted octanol–water partition coefficient (Wildman–Crippen LogP) is 1.23. The van der Waals surface area contributed by atoms with Crippen LogP contribution in [0.5, 0.6) is 0 Å². The van der Waals surface area contributed by atoms with E-state index >= 15 is 0 Å². The van der Waals surface area contributed by atoms with Gasteiger partial charge in [-0.15, -0.1) is 0 Å². The van der Waals surface area contributed by atoms with Crippen molar-refractivity contribution in [3.05, 3.63) is 48.2 Å². The van der Waals surface area contributed by atoms with E-state index in [1.165, 1.54) is 6.20 Å². The summed E-state index contributed by atoms with van der Waals surface area (Å²) in [5.41, 5.74) is 1.29. The van der Waals surface area contributed by atoms with Crippen LogP contribution < -0.4 is 5.32 Å². The minimum absolute atomic E-state index is 0.0913. The molecule has 0 aliphatic carbocycles. The molecule has 2 aromatic heterocycles. The normalized spacial score (nSPS) is 16.5. The van der Waals surface area contributed by atoms with Crippen molar-refractivity contribution in [1.82, 2.24) is 19.9 Å². The zero-order valence-corrected chi connectivity index (χ0v) is 12.7. The van der Waals surface area contributed by atoms with Crippen LogP contribution in [0.1, 0.15) is 17.4 Å². The Kier molecular flexibility index (Phi) is 5.09. The van der Waals surface area contributed by atoms with Crippen molar-refractivity contribution in [1.29, 1.82) is 5.26 Å². The standard InChI is InChI=1S/C16H18N6O/c17-11-14-16(20-6-5-19-14)21-12-15(13-3-1-2-4-18-13)22-7-9-23-10-8-22/h1-6,15H,7-10,12H2,(H,20,21). The van der Waals surface area contributed by atoms with E-state index in [1.54, 1.807) is 12.4 Å². The lowest BCUT2D eigenvalue weighted by Gasteiger charge is -2.34. The number of nitriles is 1. The maximum Gasteiger partial charge on any atom is 0.182 e. The summed E-state index contributed by atoms with van der Waals surface area (Å²) in [7, 11) is 0. The number of rotatable bonds is 5. The van der Waals surface area contributed by atoms with E-state index < -0.39 is 0 Å². The number of ether oxygens (including phenoxy) is 1. The Morgan fingerprint density at radius 3 is 2.74 bits per heavy atom. The first-order chi connectivity index (χ1) is 11.4. The summed E-state index contributed by atoms with van der Waals surface area (Å²) in [4.78, 5) is 15.0. The predicted molar refractivity (Wildman–Crippen MR) is 84.6 cm³/mol.